The van der Waals surface area contributed by atoms with E-state index in [1.165, 1.54) is 43.5 Å². The third kappa shape index (κ3) is 6.70. The fourth-order valence-electron chi connectivity index (χ4n) is 6.20. The highest BCUT2D eigenvalue weighted by atomic mass is 16.5. The third-order valence-electron chi connectivity index (χ3n) is 8.66. The lowest BCUT2D eigenvalue weighted by Crippen LogP contribution is -2.34. The van der Waals surface area contributed by atoms with Crippen LogP contribution >= 0.6 is 0 Å². The quantitative estimate of drug-likeness (QED) is 0.190. The number of imidazole rings is 1. The van der Waals surface area contributed by atoms with Gasteiger partial charge >= 0.3 is 0 Å². The number of carbonyl (C=O) groups excluding carboxylic acids is 1. The van der Waals surface area contributed by atoms with Crippen molar-refractivity contribution in [2.45, 2.75) is 73.0 Å². The number of amides is 1. The first-order valence-electron chi connectivity index (χ1n) is 15.5. The molecule has 1 aliphatic heterocycles. The van der Waals surface area contributed by atoms with Gasteiger partial charge in [-0.3, -0.25) is 9.69 Å². The van der Waals surface area contributed by atoms with Crippen molar-refractivity contribution in [2.75, 3.05) is 26.7 Å². The number of nitrogens with zero attached hydrogens (tertiary/aromatic N) is 4. The zero-order chi connectivity index (χ0) is 29.6. The van der Waals surface area contributed by atoms with E-state index < -0.39 is 0 Å². The number of ether oxygens (including phenoxy) is 1. The number of methoxy groups -OCH3 is 1. The molecule has 222 valence electrons. The van der Waals surface area contributed by atoms with Gasteiger partial charge < -0.3 is 14.2 Å². The van der Waals surface area contributed by atoms with Crippen molar-refractivity contribution < 1.29 is 9.53 Å². The van der Waals surface area contributed by atoms with Gasteiger partial charge in [-0.25, -0.2) is 4.98 Å². The Labute approximate surface area is 251 Å². The summed E-state index contributed by atoms with van der Waals surface area (Å²) in [5.74, 6) is 2.20. The van der Waals surface area contributed by atoms with E-state index >= 15 is 0 Å². The molecule has 1 saturated heterocycles. The van der Waals surface area contributed by atoms with Crippen LogP contribution in [0.1, 0.15) is 78.0 Å². The summed E-state index contributed by atoms with van der Waals surface area (Å²) < 4.78 is 7.99. The average Bonchev–Trinajstić information content (AvgIpc) is 3.33. The van der Waals surface area contributed by atoms with E-state index in [0.717, 1.165) is 53.2 Å². The molecular formula is C36H46N4O2. The van der Waals surface area contributed by atoms with Crippen molar-refractivity contribution in [1.82, 2.24) is 19.4 Å². The smallest absolute Gasteiger partial charge is 0.254 e. The number of carbonyl (C=O) groups is 1. The monoisotopic (exact) mass is 566 g/mol. The molecule has 6 nitrogen and oxygen atoms in total. The van der Waals surface area contributed by atoms with E-state index in [2.05, 4.69) is 65.8 Å². The second kappa shape index (κ2) is 13.6. The topological polar surface area (TPSA) is 50.6 Å². The van der Waals surface area contributed by atoms with E-state index in [1.54, 1.807) is 7.11 Å². The van der Waals surface area contributed by atoms with Crippen molar-refractivity contribution in [3.05, 3.63) is 94.3 Å². The lowest BCUT2D eigenvalue weighted by Gasteiger charge is -2.28. The molecule has 0 saturated carbocycles. The maximum Gasteiger partial charge on any atom is 0.254 e. The normalized spacial score (nSPS) is 14.0. The zero-order valence-corrected chi connectivity index (χ0v) is 26.0. The molecule has 1 amide bonds. The first kappa shape index (κ1) is 29.8. The van der Waals surface area contributed by atoms with Crippen LogP contribution in [-0.4, -0.2) is 52.0 Å². The van der Waals surface area contributed by atoms with E-state index in [4.69, 9.17) is 9.72 Å². The fraction of sp³-hybridized carbons (Fsp3) is 0.444. The highest BCUT2D eigenvalue weighted by Gasteiger charge is 2.24. The molecule has 0 aliphatic carbocycles. The largest absolute Gasteiger partial charge is 0.496 e. The van der Waals surface area contributed by atoms with Crippen LogP contribution in [0.5, 0.6) is 5.75 Å². The molecule has 42 heavy (non-hydrogen) atoms. The Balaban J connectivity index is 1.50. The Morgan fingerprint density at radius 3 is 2.33 bits per heavy atom. The molecule has 0 spiro atoms. The predicted molar refractivity (Wildman–Crippen MR) is 171 cm³/mol. The number of aromatic nitrogens is 2. The molecule has 4 aromatic rings. The number of rotatable bonds is 11. The number of likely N-dealkylation sites (tertiary alicyclic amines) is 1. The Morgan fingerprint density at radius 1 is 0.929 bits per heavy atom. The molecule has 6 heteroatoms. The minimum absolute atomic E-state index is 0.0237. The van der Waals surface area contributed by atoms with Crippen LogP contribution in [0.4, 0.5) is 0 Å². The van der Waals surface area contributed by atoms with Crippen molar-refractivity contribution in [1.29, 1.82) is 0 Å². The van der Waals surface area contributed by atoms with Gasteiger partial charge in [-0.05, 0) is 87.0 Å². The number of hydrogen-bond acceptors (Lipinski definition) is 4. The molecule has 1 fully saturated rings. The maximum atomic E-state index is 14.2. The zero-order valence-electron chi connectivity index (χ0n) is 26.0. The van der Waals surface area contributed by atoms with Crippen molar-refractivity contribution >= 4 is 16.9 Å². The highest BCUT2D eigenvalue weighted by Crippen LogP contribution is 2.28. The van der Waals surface area contributed by atoms with Gasteiger partial charge in [-0.15, -0.1) is 0 Å². The summed E-state index contributed by atoms with van der Waals surface area (Å²) in [5.41, 5.74) is 7.36. The lowest BCUT2D eigenvalue weighted by atomic mass is 10.0. The first-order chi connectivity index (χ1) is 20.4. The maximum absolute atomic E-state index is 14.2. The Kier molecular flexibility index (Phi) is 9.63. The van der Waals surface area contributed by atoms with Gasteiger partial charge in [0.25, 0.3) is 5.91 Å². The molecule has 2 heterocycles. The molecule has 5 rings (SSSR count). The van der Waals surface area contributed by atoms with Gasteiger partial charge in [0.1, 0.15) is 11.6 Å². The van der Waals surface area contributed by atoms with E-state index in [0.29, 0.717) is 24.6 Å². The van der Waals surface area contributed by atoms with Crippen molar-refractivity contribution in [2.24, 2.45) is 5.92 Å². The highest BCUT2D eigenvalue weighted by molar-refractivity contribution is 5.96. The van der Waals surface area contributed by atoms with Crippen LogP contribution in [0, 0.1) is 19.8 Å². The molecule has 0 bridgehead atoms. The minimum atomic E-state index is 0.0237. The molecule has 0 radical (unpaired) electrons. The minimum Gasteiger partial charge on any atom is -0.496 e. The van der Waals surface area contributed by atoms with E-state index in [1.807, 2.05) is 36.9 Å². The Hall–Kier alpha value is -3.64. The lowest BCUT2D eigenvalue weighted by molar-refractivity contribution is 0.0728. The second-order valence-corrected chi connectivity index (χ2v) is 12.2. The SMILES string of the molecule is COc1c(C)ccc(C(=O)N(CCC(C)C)Cc2nc3ccccc3n2Cc2ccccc2CN2CCCCC2)c1C. The Bertz CT molecular complexity index is 1520. The van der Waals surface area contributed by atoms with Gasteiger partial charge in [0.15, 0.2) is 0 Å². The molecule has 1 aliphatic rings. The molecule has 0 N–H and O–H groups in total. The molecule has 3 aromatic carbocycles. The van der Waals surface area contributed by atoms with Crippen molar-refractivity contribution in [3.8, 4) is 5.75 Å². The summed E-state index contributed by atoms with van der Waals surface area (Å²) in [6.45, 7) is 13.6. The van der Waals surface area contributed by atoms with Gasteiger partial charge in [0.2, 0.25) is 0 Å². The Morgan fingerprint density at radius 2 is 1.62 bits per heavy atom. The van der Waals surface area contributed by atoms with Gasteiger partial charge in [0.05, 0.1) is 24.7 Å². The standard InChI is InChI=1S/C36H46N4O2/c1-26(2)19-22-39(36(41)31-18-17-27(3)35(42-5)28(31)4)25-34-37-32-15-9-10-16-33(32)40(34)24-30-14-8-7-13-29(30)23-38-20-11-6-12-21-38/h7-10,13-18,26H,6,11-12,19-25H2,1-5H3. The number of piperidine rings is 1. The molecular weight excluding hydrogens is 520 g/mol. The number of aryl methyl sites for hydroxylation is 1. The van der Waals surface area contributed by atoms with Crippen LogP contribution in [0.2, 0.25) is 0 Å². The average molecular weight is 567 g/mol. The van der Waals surface area contributed by atoms with Crippen LogP contribution in [0.3, 0.4) is 0 Å². The second-order valence-electron chi connectivity index (χ2n) is 12.2. The van der Waals surface area contributed by atoms with E-state index in [9.17, 15) is 4.79 Å². The van der Waals surface area contributed by atoms with Crippen LogP contribution in [0.25, 0.3) is 11.0 Å². The van der Waals surface area contributed by atoms with Gasteiger partial charge in [-0.2, -0.15) is 0 Å². The molecule has 0 atom stereocenters. The first-order valence-corrected chi connectivity index (χ1v) is 15.5. The summed E-state index contributed by atoms with van der Waals surface area (Å²) in [4.78, 5) is 23.8. The molecule has 1 aromatic heterocycles. The van der Waals surface area contributed by atoms with Gasteiger partial charge in [0, 0.05) is 30.8 Å². The number of hydrogen-bond donors (Lipinski definition) is 0. The predicted octanol–water partition coefficient (Wildman–Crippen LogP) is 7.38. The van der Waals surface area contributed by atoms with Crippen LogP contribution in [-0.2, 0) is 19.6 Å². The number of benzene rings is 3. The van der Waals surface area contributed by atoms with E-state index in [-0.39, 0.29) is 5.91 Å². The molecule has 0 unspecified atom stereocenters. The number of fused-ring (bicyclic) bond motifs is 1. The van der Waals surface area contributed by atoms with Crippen LogP contribution < -0.4 is 4.74 Å². The summed E-state index contributed by atoms with van der Waals surface area (Å²) in [7, 11) is 1.67. The third-order valence-corrected chi connectivity index (χ3v) is 8.66. The van der Waals surface area contributed by atoms with Crippen molar-refractivity contribution in [3.63, 3.8) is 0 Å². The fourth-order valence-corrected chi connectivity index (χ4v) is 6.20. The summed E-state index contributed by atoms with van der Waals surface area (Å²) in [6, 6.07) is 21.1. The summed E-state index contributed by atoms with van der Waals surface area (Å²) in [6.07, 6.45) is 4.83. The van der Waals surface area contributed by atoms with Crippen LogP contribution in [0.15, 0.2) is 60.7 Å². The summed E-state index contributed by atoms with van der Waals surface area (Å²) in [5, 5.41) is 0. The number of para-hydroxylation sites is 2. The summed E-state index contributed by atoms with van der Waals surface area (Å²) >= 11 is 0. The van der Waals surface area contributed by atoms with Gasteiger partial charge in [-0.1, -0.05) is 62.7 Å².